The number of hydrogen-bond donors (Lipinski definition) is 1. The number of ether oxygens (including phenoxy) is 4. The Morgan fingerprint density at radius 1 is 0.880 bits per heavy atom. The van der Waals surface area contributed by atoms with Crippen molar-refractivity contribution in [3.05, 3.63) is 29.5 Å². The second kappa shape index (κ2) is 7.69. The second-order valence-electron chi connectivity index (χ2n) is 5.28. The predicted octanol–water partition coefficient (Wildman–Crippen LogP) is 1.99. The Morgan fingerprint density at radius 3 is 1.92 bits per heavy atom. The van der Waals surface area contributed by atoms with E-state index >= 15 is 0 Å². The third kappa shape index (κ3) is 3.73. The van der Waals surface area contributed by atoms with Crippen molar-refractivity contribution in [2.24, 2.45) is 0 Å². The molecule has 0 unspecified atom stereocenters. The van der Waals surface area contributed by atoms with Crippen molar-refractivity contribution >= 4 is 11.5 Å². The van der Waals surface area contributed by atoms with E-state index in [0.717, 1.165) is 0 Å². The van der Waals surface area contributed by atoms with Crippen molar-refractivity contribution in [2.75, 3.05) is 47.4 Å². The summed E-state index contributed by atoms with van der Waals surface area (Å²) in [5.74, 6) is 2.04. The minimum absolute atomic E-state index is 0.183. The Morgan fingerprint density at radius 2 is 1.48 bits per heavy atom. The molecule has 0 radical (unpaired) electrons. The number of anilines is 1. The normalized spacial score (nSPS) is 10.2. The van der Waals surface area contributed by atoms with E-state index in [1.165, 1.54) is 28.4 Å². The Hall–Kier alpha value is -3.03. The fourth-order valence-corrected chi connectivity index (χ4v) is 2.23. The number of nitrogens with zero attached hydrogens (tertiary/aromatic N) is 3. The van der Waals surface area contributed by atoms with E-state index in [1.54, 1.807) is 18.2 Å². The molecule has 0 aliphatic carbocycles. The molecule has 0 fully saturated rings. The van der Waals surface area contributed by atoms with Crippen LogP contribution in [-0.4, -0.2) is 58.2 Å². The quantitative estimate of drug-likeness (QED) is 0.767. The molecule has 0 spiro atoms. The number of rotatable bonds is 7. The molecule has 0 saturated carbocycles. The lowest BCUT2D eigenvalue weighted by Crippen LogP contribution is -2.14. The lowest BCUT2D eigenvalue weighted by Gasteiger charge is -2.16. The average Bonchev–Trinajstić information content (AvgIpc) is 2.65. The van der Waals surface area contributed by atoms with Crippen molar-refractivity contribution < 1.29 is 18.9 Å². The third-order valence-electron chi connectivity index (χ3n) is 3.54. The number of methoxy groups -OCH3 is 4. The Labute approximate surface area is 146 Å². The van der Waals surface area contributed by atoms with Crippen molar-refractivity contribution in [3.8, 4) is 23.3 Å². The molecule has 0 amide bonds. The van der Waals surface area contributed by atoms with Crippen LogP contribution in [0.4, 0.5) is 5.82 Å². The molecule has 8 nitrogen and oxygen atoms in total. The smallest absolute Gasteiger partial charge is 0.318 e. The van der Waals surface area contributed by atoms with Crippen molar-refractivity contribution in [2.45, 2.75) is 0 Å². The van der Waals surface area contributed by atoms with Crippen LogP contribution >= 0.6 is 0 Å². The minimum atomic E-state index is 0.183. The molecule has 0 atom stereocenters. The first kappa shape index (κ1) is 18.3. The summed E-state index contributed by atoms with van der Waals surface area (Å²) in [6.45, 7) is 0. The minimum Gasteiger partial charge on any atom is -0.493 e. The van der Waals surface area contributed by atoms with E-state index in [4.69, 9.17) is 24.4 Å². The van der Waals surface area contributed by atoms with Gasteiger partial charge in [-0.1, -0.05) is 0 Å². The summed E-state index contributed by atoms with van der Waals surface area (Å²) in [4.78, 5) is 10.3. The number of aromatic nitrogens is 2. The van der Waals surface area contributed by atoms with Gasteiger partial charge in [0.15, 0.2) is 11.5 Å². The van der Waals surface area contributed by atoms with Gasteiger partial charge in [-0.15, -0.1) is 0 Å². The number of hydrogen-bond acceptors (Lipinski definition) is 8. The number of benzene rings is 1. The lowest BCUT2D eigenvalue weighted by atomic mass is 10.1. The Kier molecular flexibility index (Phi) is 5.63. The van der Waals surface area contributed by atoms with Crippen LogP contribution in [-0.2, 0) is 0 Å². The molecule has 2 aromatic rings. The largest absolute Gasteiger partial charge is 0.493 e. The first-order valence-corrected chi connectivity index (χ1v) is 7.44. The highest BCUT2D eigenvalue weighted by molar-refractivity contribution is 6.10. The molecule has 8 heteroatoms. The van der Waals surface area contributed by atoms with Gasteiger partial charge < -0.3 is 23.8 Å². The first-order valence-electron chi connectivity index (χ1n) is 7.44. The molecular formula is C17H22N4O4. The van der Waals surface area contributed by atoms with Crippen LogP contribution in [0.15, 0.2) is 18.2 Å². The fourth-order valence-electron chi connectivity index (χ4n) is 2.23. The van der Waals surface area contributed by atoms with E-state index < -0.39 is 0 Å². The molecule has 0 aliphatic rings. The van der Waals surface area contributed by atoms with Crippen molar-refractivity contribution in [1.29, 1.82) is 5.41 Å². The fraction of sp³-hybridized carbons (Fsp3) is 0.353. The van der Waals surface area contributed by atoms with Gasteiger partial charge in [0, 0.05) is 25.7 Å². The summed E-state index contributed by atoms with van der Waals surface area (Å²) in [6, 6.07) is 5.31. The van der Waals surface area contributed by atoms with Gasteiger partial charge in [0.2, 0.25) is 5.75 Å². The van der Waals surface area contributed by atoms with Crippen molar-refractivity contribution in [3.63, 3.8) is 0 Å². The molecule has 1 aromatic carbocycles. The second-order valence-corrected chi connectivity index (χ2v) is 5.28. The van der Waals surface area contributed by atoms with E-state index in [9.17, 15) is 0 Å². The van der Waals surface area contributed by atoms with Gasteiger partial charge in [-0.25, -0.2) is 0 Å². The predicted molar refractivity (Wildman–Crippen MR) is 94.9 cm³/mol. The van der Waals surface area contributed by atoms with Crippen molar-refractivity contribution in [1.82, 2.24) is 9.97 Å². The third-order valence-corrected chi connectivity index (χ3v) is 3.54. The summed E-state index contributed by atoms with van der Waals surface area (Å²) >= 11 is 0. The monoisotopic (exact) mass is 346 g/mol. The summed E-state index contributed by atoms with van der Waals surface area (Å²) < 4.78 is 21.1. The van der Waals surface area contributed by atoms with Crippen LogP contribution in [0.1, 0.15) is 11.3 Å². The van der Waals surface area contributed by atoms with Gasteiger partial charge in [0.25, 0.3) is 0 Å². The number of nitrogens with one attached hydrogen (secondary N) is 1. The summed E-state index contributed by atoms with van der Waals surface area (Å²) in [6.07, 6.45) is 0. The van der Waals surface area contributed by atoms with Gasteiger partial charge in [-0.2, -0.15) is 9.97 Å². The molecule has 0 bridgehead atoms. The van der Waals surface area contributed by atoms with Crippen LogP contribution in [0.3, 0.4) is 0 Å². The Bertz CT molecular complexity index is 752. The molecule has 1 heterocycles. The molecular weight excluding hydrogens is 324 g/mol. The maximum Gasteiger partial charge on any atom is 0.318 e. The highest BCUT2D eigenvalue weighted by Crippen LogP contribution is 2.38. The topological polar surface area (TPSA) is 89.8 Å². The zero-order valence-corrected chi connectivity index (χ0v) is 15.2. The van der Waals surface area contributed by atoms with Crippen LogP contribution in [0.5, 0.6) is 23.3 Å². The van der Waals surface area contributed by atoms with E-state index in [2.05, 4.69) is 9.97 Å². The molecule has 134 valence electrons. The summed E-state index contributed by atoms with van der Waals surface area (Å²) in [7, 11) is 9.79. The van der Waals surface area contributed by atoms with E-state index in [0.29, 0.717) is 34.3 Å². The molecule has 25 heavy (non-hydrogen) atoms. The van der Waals surface area contributed by atoms with Gasteiger partial charge in [-0.05, 0) is 12.1 Å². The van der Waals surface area contributed by atoms with Gasteiger partial charge in [0.1, 0.15) is 5.82 Å². The van der Waals surface area contributed by atoms with Crippen LogP contribution in [0.2, 0.25) is 0 Å². The van der Waals surface area contributed by atoms with Gasteiger partial charge in [-0.3, -0.25) is 5.41 Å². The molecule has 0 aliphatic heterocycles. The van der Waals surface area contributed by atoms with Gasteiger partial charge >= 0.3 is 6.01 Å². The van der Waals surface area contributed by atoms with Gasteiger partial charge in [0.05, 0.1) is 39.8 Å². The molecule has 2 rings (SSSR count). The van der Waals surface area contributed by atoms with Crippen LogP contribution < -0.4 is 23.8 Å². The molecule has 1 N–H and O–H groups in total. The standard InChI is InChI=1S/C17H22N4O4/c1-21(2)14-9-11(19-17(20-14)25-6)15(18)10-7-12(22-3)16(24-5)13(8-10)23-4/h7-9,18H,1-6H3. The molecule has 1 aromatic heterocycles. The van der Waals surface area contributed by atoms with E-state index in [-0.39, 0.29) is 11.7 Å². The highest BCUT2D eigenvalue weighted by Gasteiger charge is 2.18. The zero-order valence-electron chi connectivity index (χ0n) is 15.2. The first-order chi connectivity index (χ1) is 11.9. The maximum atomic E-state index is 8.53. The van der Waals surface area contributed by atoms with E-state index in [1.807, 2.05) is 19.0 Å². The zero-order chi connectivity index (χ0) is 18.6. The average molecular weight is 346 g/mol. The lowest BCUT2D eigenvalue weighted by molar-refractivity contribution is 0.324. The molecule has 0 saturated heterocycles. The summed E-state index contributed by atoms with van der Waals surface area (Å²) in [5, 5.41) is 8.53. The van der Waals surface area contributed by atoms with Crippen LogP contribution in [0, 0.1) is 5.41 Å². The Balaban J connectivity index is 2.55. The SMILES string of the molecule is COc1nc(C(=N)c2cc(OC)c(OC)c(OC)c2)cc(N(C)C)n1. The maximum absolute atomic E-state index is 8.53. The summed E-state index contributed by atoms with van der Waals surface area (Å²) in [5.41, 5.74) is 1.17. The highest BCUT2D eigenvalue weighted by atomic mass is 16.5. The van der Waals surface area contributed by atoms with Crippen LogP contribution in [0.25, 0.3) is 0 Å².